The third kappa shape index (κ3) is 4.02. The molecule has 0 spiro atoms. The minimum atomic E-state index is -0.0664. The molecule has 0 bridgehead atoms. The first-order chi connectivity index (χ1) is 13.7. The summed E-state index contributed by atoms with van der Waals surface area (Å²) in [5, 5.41) is 9.32. The first-order valence-corrected chi connectivity index (χ1v) is 9.54. The van der Waals surface area contributed by atoms with Crippen molar-refractivity contribution < 1.29 is 4.79 Å². The molecule has 0 unspecified atom stereocenters. The predicted molar refractivity (Wildman–Crippen MR) is 112 cm³/mol. The van der Waals surface area contributed by atoms with Crippen LogP contribution in [0.5, 0.6) is 0 Å². The highest BCUT2D eigenvalue weighted by atomic mass is 16.2. The molecule has 0 radical (unpaired) electrons. The van der Waals surface area contributed by atoms with Crippen LogP contribution in [0, 0.1) is 0 Å². The number of rotatable bonds is 6. The molecule has 1 aliphatic rings. The number of nitrogens with one attached hydrogen (secondary N) is 3. The van der Waals surface area contributed by atoms with E-state index in [0.29, 0.717) is 0 Å². The van der Waals surface area contributed by atoms with Gasteiger partial charge in [0.2, 0.25) is 5.91 Å². The molecule has 6 heteroatoms. The average molecular weight is 373 g/mol. The van der Waals surface area contributed by atoms with Crippen LogP contribution in [0.25, 0.3) is 11.3 Å². The molecule has 1 amide bonds. The van der Waals surface area contributed by atoms with Gasteiger partial charge in [0.1, 0.15) is 12.1 Å². The van der Waals surface area contributed by atoms with Crippen molar-refractivity contribution in [2.75, 3.05) is 17.2 Å². The number of anilines is 3. The summed E-state index contributed by atoms with van der Waals surface area (Å²) in [6.07, 6.45) is 3.42. The Balaban J connectivity index is 1.46. The van der Waals surface area contributed by atoms with Gasteiger partial charge in [0.05, 0.1) is 11.7 Å². The molecule has 142 valence electrons. The number of carbonyl (C=O) groups excluding carboxylic acids is 1. The van der Waals surface area contributed by atoms with Crippen molar-refractivity contribution in [3.05, 3.63) is 66.5 Å². The third-order valence-corrected chi connectivity index (χ3v) is 4.91. The van der Waals surface area contributed by atoms with Crippen LogP contribution in [-0.2, 0) is 11.2 Å². The van der Waals surface area contributed by atoms with Gasteiger partial charge in [-0.2, -0.15) is 0 Å². The van der Waals surface area contributed by atoms with E-state index in [4.69, 9.17) is 0 Å². The van der Waals surface area contributed by atoms with Gasteiger partial charge >= 0.3 is 0 Å². The molecule has 6 nitrogen and oxygen atoms in total. The summed E-state index contributed by atoms with van der Waals surface area (Å²) in [5.41, 5.74) is 4.95. The quantitative estimate of drug-likeness (QED) is 0.613. The normalized spacial score (nSPS) is 15.5. The summed E-state index contributed by atoms with van der Waals surface area (Å²) in [4.78, 5) is 20.7. The molecule has 1 atom stereocenters. The molecule has 0 saturated carbocycles. The number of aromatic nitrogens is 2. The Kier molecular flexibility index (Phi) is 5.30. The van der Waals surface area contributed by atoms with E-state index in [-0.39, 0.29) is 11.9 Å². The van der Waals surface area contributed by atoms with E-state index in [2.05, 4.69) is 45.0 Å². The molecular formula is C22H23N5O. The molecule has 1 aliphatic heterocycles. The van der Waals surface area contributed by atoms with E-state index < -0.39 is 0 Å². The molecule has 1 saturated heterocycles. The lowest BCUT2D eigenvalue weighted by molar-refractivity contribution is -0.119. The molecule has 3 N–H and O–H groups in total. The van der Waals surface area contributed by atoms with Crippen molar-refractivity contribution in [3.8, 4) is 11.3 Å². The number of carbonyl (C=O) groups is 1. The van der Waals surface area contributed by atoms with Gasteiger partial charge in [0.15, 0.2) is 0 Å². The Morgan fingerprint density at radius 3 is 2.57 bits per heavy atom. The van der Waals surface area contributed by atoms with Crippen LogP contribution in [0.3, 0.4) is 0 Å². The Morgan fingerprint density at radius 1 is 1.11 bits per heavy atom. The number of benzene rings is 2. The van der Waals surface area contributed by atoms with Gasteiger partial charge in [-0.05, 0) is 49.2 Å². The summed E-state index contributed by atoms with van der Waals surface area (Å²) in [7, 11) is 0. The second kappa shape index (κ2) is 8.19. The zero-order valence-electron chi connectivity index (χ0n) is 15.8. The van der Waals surface area contributed by atoms with Crippen molar-refractivity contribution >= 4 is 23.1 Å². The monoisotopic (exact) mass is 373 g/mol. The zero-order chi connectivity index (χ0) is 19.3. The van der Waals surface area contributed by atoms with Gasteiger partial charge in [0, 0.05) is 23.0 Å². The van der Waals surface area contributed by atoms with Crippen LogP contribution in [0.15, 0.2) is 60.9 Å². The lowest BCUT2D eigenvalue weighted by Gasteiger charge is -2.26. The standard InChI is InChI=1S/C22H23N5O/c1-2-15-5-3-4-6-18(15)20-13-21(25-14-24-20)26-16-7-9-17(10-8-16)27-22(28)19-11-12-23-19/h3-10,13-14,19,23H,2,11-12H2,1H3,(H,27,28)(H,24,25,26)/t19-/m0/s1. The first kappa shape index (κ1) is 18.1. The van der Waals surface area contributed by atoms with Gasteiger partial charge < -0.3 is 16.0 Å². The Bertz CT molecular complexity index is 967. The zero-order valence-corrected chi connectivity index (χ0v) is 15.8. The molecule has 28 heavy (non-hydrogen) atoms. The van der Waals surface area contributed by atoms with E-state index in [1.165, 1.54) is 5.56 Å². The van der Waals surface area contributed by atoms with Crippen LogP contribution in [0.4, 0.5) is 17.2 Å². The van der Waals surface area contributed by atoms with Gasteiger partial charge in [-0.25, -0.2) is 9.97 Å². The fourth-order valence-corrected chi connectivity index (χ4v) is 3.18. The van der Waals surface area contributed by atoms with E-state index in [1.54, 1.807) is 6.33 Å². The Labute approximate surface area is 164 Å². The summed E-state index contributed by atoms with van der Waals surface area (Å²) in [5.74, 6) is 0.744. The van der Waals surface area contributed by atoms with Crippen molar-refractivity contribution in [1.82, 2.24) is 15.3 Å². The molecule has 1 fully saturated rings. The van der Waals surface area contributed by atoms with E-state index in [0.717, 1.165) is 47.8 Å². The Morgan fingerprint density at radius 2 is 1.86 bits per heavy atom. The number of hydrogen-bond acceptors (Lipinski definition) is 5. The molecule has 2 aromatic carbocycles. The molecular weight excluding hydrogens is 350 g/mol. The van der Waals surface area contributed by atoms with E-state index >= 15 is 0 Å². The SMILES string of the molecule is CCc1ccccc1-c1cc(Nc2ccc(NC(=O)[C@@H]3CCN3)cc2)ncn1. The smallest absolute Gasteiger partial charge is 0.241 e. The summed E-state index contributed by atoms with van der Waals surface area (Å²) >= 11 is 0. The third-order valence-electron chi connectivity index (χ3n) is 4.91. The summed E-state index contributed by atoms with van der Waals surface area (Å²) in [6, 6.07) is 17.8. The van der Waals surface area contributed by atoms with Crippen molar-refractivity contribution in [2.24, 2.45) is 0 Å². The van der Waals surface area contributed by atoms with Gasteiger partial charge in [-0.15, -0.1) is 0 Å². The van der Waals surface area contributed by atoms with Crippen molar-refractivity contribution in [1.29, 1.82) is 0 Å². The second-order valence-electron chi connectivity index (χ2n) is 6.79. The number of amides is 1. The first-order valence-electron chi connectivity index (χ1n) is 9.54. The lowest BCUT2D eigenvalue weighted by Crippen LogP contribution is -2.50. The fourth-order valence-electron chi connectivity index (χ4n) is 3.18. The summed E-state index contributed by atoms with van der Waals surface area (Å²) in [6.45, 7) is 3.05. The molecule has 2 heterocycles. The topological polar surface area (TPSA) is 78.9 Å². The van der Waals surface area contributed by atoms with Gasteiger partial charge in [0.25, 0.3) is 0 Å². The number of aryl methyl sites for hydroxylation is 1. The fraction of sp³-hybridized carbons (Fsp3) is 0.227. The molecule has 0 aliphatic carbocycles. The van der Waals surface area contributed by atoms with Crippen LogP contribution in [-0.4, -0.2) is 28.5 Å². The van der Waals surface area contributed by atoms with Crippen LogP contribution < -0.4 is 16.0 Å². The van der Waals surface area contributed by atoms with Crippen LogP contribution in [0.2, 0.25) is 0 Å². The van der Waals surface area contributed by atoms with E-state index in [1.807, 2.05) is 42.5 Å². The molecule has 1 aromatic heterocycles. The van der Waals surface area contributed by atoms with Crippen LogP contribution in [0.1, 0.15) is 18.9 Å². The highest BCUT2D eigenvalue weighted by Gasteiger charge is 2.24. The average Bonchev–Trinajstić information content (AvgIpc) is 2.68. The van der Waals surface area contributed by atoms with Gasteiger partial charge in [-0.3, -0.25) is 4.79 Å². The molecule has 4 rings (SSSR count). The van der Waals surface area contributed by atoms with E-state index in [9.17, 15) is 4.79 Å². The largest absolute Gasteiger partial charge is 0.340 e. The maximum absolute atomic E-state index is 12.0. The highest BCUT2D eigenvalue weighted by Crippen LogP contribution is 2.25. The minimum Gasteiger partial charge on any atom is -0.340 e. The van der Waals surface area contributed by atoms with Crippen molar-refractivity contribution in [3.63, 3.8) is 0 Å². The lowest BCUT2D eigenvalue weighted by atomic mass is 10.0. The van der Waals surface area contributed by atoms with Gasteiger partial charge in [-0.1, -0.05) is 31.2 Å². The number of hydrogen-bond donors (Lipinski definition) is 3. The minimum absolute atomic E-state index is 0.0157. The number of nitrogens with zero attached hydrogens (tertiary/aromatic N) is 2. The van der Waals surface area contributed by atoms with Crippen LogP contribution >= 0.6 is 0 Å². The maximum Gasteiger partial charge on any atom is 0.241 e. The second-order valence-corrected chi connectivity index (χ2v) is 6.79. The highest BCUT2D eigenvalue weighted by molar-refractivity contribution is 5.95. The van der Waals surface area contributed by atoms with Crippen molar-refractivity contribution in [2.45, 2.75) is 25.8 Å². The Hall–Kier alpha value is -3.25. The summed E-state index contributed by atoms with van der Waals surface area (Å²) < 4.78 is 0. The molecule has 3 aromatic rings. The predicted octanol–water partition coefficient (Wildman–Crippen LogP) is 3.75. The maximum atomic E-state index is 12.0.